The molecule has 0 atom stereocenters. The summed E-state index contributed by atoms with van der Waals surface area (Å²) < 4.78 is 0. The van der Waals surface area contributed by atoms with Gasteiger partial charge in [-0.3, -0.25) is 0 Å². The van der Waals surface area contributed by atoms with Gasteiger partial charge in [-0.1, -0.05) is 98.4 Å². The van der Waals surface area contributed by atoms with Gasteiger partial charge in [0.1, 0.15) is 0 Å². The molecule has 1 aromatic carbocycles. The first-order valence-electron chi connectivity index (χ1n) is 10.1. The molecule has 0 aliphatic heterocycles. The number of rotatable bonds is 6. The van der Waals surface area contributed by atoms with E-state index in [-0.39, 0.29) is 0 Å². The first kappa shape index (κ1) is 27.6. The lowest BCUT2D eigenvalue weighted by Gasteiger charge is -2.11. The highest BCUT2D eigenvalue weighted by Crippen LogP contribution is 2.21. The van der Waals surface area contributed by atoms with E-state index >= 15 is 0 Å². The molecule has 1 N–H and O–H groups in total. The van der Waals surface area contributed by atoms with Crippen molar-refractivity contribution in [2.45, 2.75) is 94.4 Å². The fraction of sp³-hybridized carbons (Fsp3) is 0.652. The summed E-state index contributed by atoms with van der Waals surface area (Å²) in [7, 11) is 0. The molecule has 0 aromatic heterocycles. The molecule has 24 heavy (non-hydrogen) atoms. The quantitative estimate of drug-likeness (QED) is 0.514. The molecular formula is C23H45N. The van der Waals surface area contributed by atoms with Crippen LogP contribution in [0.3, 0.4) is 0 Å². The van der Waals surface area contributed by atoms with Crippen LogP contribution in [0.25, 0.3) is 6.08 Å². The number of unbranched alkanes of at least 4 members (excludes halogenated alkanes) is 2. The van der Waals surface area contributed by atoms with Crippen molar-refractivity contribution in [2.24, 2.45) is 0 Å². The Balaban J connectivity index is -0.000000470. The van der Waals surface area contributed by atoms with Crippen molar-refractivity contribution in [1.82, 2.24) is 0 Å². The highest BCUT2D eigenvalue weighted by atomic mass is 14.9. The van der Waals surface area contributed by atoms with Gasteiger partial charge in [0.25, 0.3) is 0 Å². The lowest BCUT2D eigenvalue weighted by atomic mass is 10.1. The van der Waals surface area contributed by atoms with Crippen molar-refractivity contribution in [3.8, 4) is 0 Å². The van der Waals surface area contributed by atoms with Crippen molar-refractivity contribution >= 4 is 11.8 Å². The number of aryl methyl sites for hydroxylation is 1. The topological polar surface area (TPSA) is 12.0 Å². The van der Waals surface area contributed by atoms with Crippen LogP contribution in [-0.4, -0.2) is 6.54 Å². The maximum atomic E-state index is 3.52. The lowest BCUT2D eigenvalue weighted by molar-refractivity contribution is 0.743. The van der Waals surface area contributed by atoms with Gasteiger partial charge in [-0.15, -0.1) is 0 Å². The summed E-state index contributed by atoms with van der Waals surface area (Å²) in [6.07, 6.45) is 10.6. The Hall–Kier alpha value is -1.24. The second-order valence-electron chi connectivity index (χ2n) is 5.58. The van der Waals surface area contributed by atoms with Gasteiger partial charge in [-0.2, -0.15) is 0 Å². The molecule has 0 saturated carbocycles. The summed E-state index contributed by atoms with van der Waals surface area (Å²) in [4.78, 5) is 0. The van der Waals surface area contributed by atoms with E-state index in [0.717, 1.165) is 6.54 Å². The van der Waals surface area contributed by atoms with Crippen LogP contribution in [0.15, 0.2) is 24.3 Å². The van der Waals surface area contributed by atoms with E-state index in [0.29, 0.717) is 0 Å². The fourth-order valence-corrected chi connectivity index (χ4v) is 1.82. The molecule has 0 amide bonds. The number of anilines is 1. The SMILES string of the molecule is C/C=C\c1c(C)cccc1NCCCCC.CC.CCC.CCC. The number of allylic oxidation sites excluding steroid dienone is 1. The van der Waals surface area contributed by atoms with Crippen molar-refractivity contribution in [1.29, 1.82) is 0 Å². The summed E-state index contributed by atoms with van der Waals surface area (Å²) in [6.45, 7) is 20.0. The van der Waals surface area contributed by atoms with E-state index in [1.165, 1.54) is 48.9 Å². The number of hydrogen-bond acceptors (Lipinski definition) is 1. The zero-order valence-corrected chi connectivity index (χ0v) is 18.1. The van der Waals surface area contributed by atoms with Crippen molar-refractivity contribution < 1.29 is 0 Å². The minimum Gasteiger partial charge on any atom is -0.385 e. The maximum Gasteiger partial charge on any atom is 0.0416 e. The zero-order valence-electron chi connectivity index (χ0n) is 18.1. The van der Waals surface area contributed by atoms with Crippen LogP contribution in [0.4, 0.5) is 5.69 Å². The van der Waals surface area contributed by atoms with Crippen LogP contribution >= 0.6 is 0 Å². The Kier molecular flexibility index (Phi) is 27.6. The molecule has 1 heteroatoms. The van der Waals surface area contributed by atoms with Crippen molar-refractivity contribution in [3.63, 3.8) is 0 Å². The van der Waals surface area contributed by atoms with Crippen LogP contribution in [0.5, 0.6) is 0 Å². The van der Waals surface area contributed by atoms with Gasteiger partial charge >= 0.3 is 0 Å². The zero-order chi connectivity index (χ0) is 19.2. The smallest absolute Gasteiger partial charge is 0.0416 e. The number of hydrogen-bond donors (Lipinski definition) is 1. The molecule has 1 nitrogen and oxygen atoms in total. The fourth-order valence-electron chi connectivity index (χ4n) is 1.82. The molecule has 0 spiro atoms. The third-order valence-corrected chi connectivity index (χ3v) is 2.75. The monoisotopic (exact) mass is 335 g/mol. The van der Waals surface area contributed by atoms with Crippen LogP contribution < -0.4 is 5.32 Å². The number of benzene rings is 1. The van der Waals surface area contributed by atoms with Crippen LogP contribution in [-0.2, 0) is 0 Å². The molecule has 0 saturated heterocycles. The third kappa shape index (κ3) is 17.1. The minimum atomic E-state index is 1.07. The van der Waals surface area contributed by atoms with E-state index in [9.17, 15) is 0 Å². The Labute approximate surface area is 154 Å². The standard InChI is InChI=1S/C15H23N.2C3H8.C2H6/c1-4-6-7-12-16-15-11-8-10-13(3)14(15)9-5-2;2*1-3-2;1-2/h5,8-11,16H,4,6-7,12H2,1-3H3;2*3H2,1-2H3;1-2H3/b9-5-;;;. The highest BCUT2D eigenvalue weighted by molar-refractivity contribution is 5.69. The van der Waals surface area contributed by atoms with E-state index in [4.69, 9.17) is 0 Å². The Morgan fingerprint density at radius 1 is 0.917 bits per heavy atom. The average molecular weight is 336 g/mol. The minimum absolute atomic E-state index is 1.07. The average Bonchev–Trinajstić information content (AvgIpc) is 2.58. The molecule has 0 heterocycles. The number of nitrogens with one attached hydrogen (secondary N) is 1. The van der Waals surface area contributed by atoms with Gasteiger partial charge in [-0.25, -0.2) is 0 Å². The third-order valence-electron chi connectivity index (χ3n) is 2.75. The van der Waals surface area contributed by atoms with Crippen LogP contribution in [0.2, 0.25) is 0 Å². The largest absolute Gasteiger partial charge is 0.385 e. The first-order chi connectivity index (χ1) is 11.6. The van der Waals surface area contributed by atoms with Gasteiger partial charge < -0.3 is 5.32 Å². The van der Waals surface area contributed by atoms with Gasteiger partial charge in [0.2, 0.25) is 0 Å². The van der Waals surface area contributed by atoms with Gasteiger partial charge in [-0.05, 0) is 31.9 Å². The summed E-state index contributed by atoms with van der Waals surface area (Å²) in [6, 6.07) is 6.44. The molecule has 0 radical (unpaired) electrons. The Morgan fingerprint density at radius 2 is 1.46 bits per heavy atom. The second-order valence-corrected chi connectivity index (χ2v) is 5.58. The lowest BCUT2D eigenvalue weighted by Crippen LogP contribution is -2.03. The van der Waals surface area contributed by atoms with E-state index in [2.05, 4.69) is 84.1 Å². The predicted molar refractivity (Wildman–Crippen MR) is 117 cm³/mol. The van der Waals surface area contributed by atoms with E-state index in [1.54, 1.807) is 0 Å². The van der Waals surface area contributed by atoms with Gasteiger partial charge in [0, 0.05) is 17.8 Å². The van der Waals surface area contributed by atoms with Crippen molar-refractivity contribution in [3.05, 3.63) is 35.4 Å². The van der Waals surface area contributed by atoms with Crippen molar-refractivity contribution in [2.75, 3.05) is 11.9 Å². The van der Waals surface area contributed by atoms with Crippen LogP contribution in [0, 0.1) is 6.92 Å². The molecular weight excluding hydrogens is 290 g/mol. The maximum absolute atomic E-state index is 3.52. The first-order valence-corrected chi connectivity index (χ1v) is 10.1. The van der Waals surface area contributed by atoms with Gasteiger partial charge in [0.15, 0.2) is 0 Å². The molecule has 0 aliphatic rings. The molecule has 142 valence electrons. The molecule has 0 fully saturated rings. The van der Waals surface area contributed by atoms with E-state index < -0.39 is 0 Å². The summed E-state index contributed by atoms with van der Waals surface area (Å²) in [5, 5.41) is 3.52. The normalized spacial score (nSPS) is 9.04. The highest BCUT2D eigenvalue weighted by Gasteiger charge is 2.00. The molecule has 0 aliphatic carbocycles. The molecule has 0 bridgehead atoms. The summed E-state index contributed by atoms with van der Waals surface area (Å²) >= 11 is 0. The van der Waals surface area contributed by atoms with Crippen LogP contribution in [0.1, 0.15) is 98.6 Å². The summed E-state index contributed by atoms with van der Waals surface area (Å²) in [5.41, 5.74) is 3.91. The molecule has 1 aromatic rings. The van der Waals surface area contributed by atoms with Gasteiger partial charge in [0.05, 0.1) is 0 Å². The molecule has 0 unspecified atom stereocenters. The van der Waals surface area contributed by atoms with E-state index in [1.807, 2.05) is 13.8 Å². The summed E-state index contributed by atoms with van der Waals surface area (Å²) in [5.74, 6) is 0. The molecule has 1 rings (SSSR count). The Morgan fingerprint density at radius 3 is 1.92 bits per heavy atom. The Bertz CT molecular complexity index is 364. The second kappa shape index (κ2) is 24.0. The predicted octanol–water partition coefficient (Wildman–Crippen LogP) is 8.49.